The maximum atomic E-state index is 13.6. The van der Waals surface area contributed by atoms with E-state index in [2.05, 4.69) is 36.9 Å². The van der Waals surface area contributed by atoms with Crippen LogP contribution >= 0.6 is 15.9 Å². The first-order valence-electron chi connectivity index (χ1n) is 11.0. The molecule has 0 spiro atoms. The summed E-state index contributed by atoms with van der Waals surface area (Å²) in [5.41, 5.74) is 1.72. The van der Waals surface area contributed by atoms with E-state index in [4.69, 9.17) is 0 Å². The standard InChI is InChI=1S/C25H26BrFN4O2/c26-19-3-1-2-17(14-19)4-7-23(32)31-25(9-12-28-13-10-25)24(33)29-11-8-18-16-30-22-6-5-20(27)15-21(18)22/h1-7,14-16,28,30H,8-13H2,(H,29,33)(H,31,32). The van der Waals surface area contributed by atoms with Gasteiger partial charge in [0.25, 0.3) is 0 Å². The van der Waals surface area contributed by atoms with Gasteiger partial charge in [-0.25, -0.2) is 4.39 Å². The van der Waals surface area contributed by atoms with Crippen LogP contribution < -0.4 is 16.0 Å². The van der Waals surface area contributed by atoms with Crippen LogP contribution in [0.5, 0.6) is 0 Å². The summed E-state index contributed by atoms with van der Waals surface area (Å²) >= 11 is 3.42. The SMILES string of the molecule is O=C(C=Cc1cccc(Br)c1)NC1(C(=O)NCCc2c[nH]c3ccc(F)cc23)CCNCC1. The van der Waals surface area contributed by atoms with E-state index >= 15 is 0 Å². The van der Waals surface area contributed by atoms with Gasteiger partial charge in [0.05, 0.1) is 0 Å². The number of H-pyrrole nitrogens is 1. The van der Waals surface area contributed by atoms with Crippen molar-refractivity contribution in [1.29, 1.82) is 0 Å². The molecular formula is C25H26BrFN4O2. The topological polar surface area (TPSA) is 86.0 Å². The Labute approximate surface area is 200 Å². The number of benzene rings is 2. The van der Waals surface area contributed by atoms with Gasteiger partial charge in [0.1, 0.15) is 11.4 Å². The third kappa shape index (κ3) is 5.69. The maximum Gasteiger partial charge on any atom is 0.245 e. The van der Waals surface area contributed by atoms with Crippen LogP contribution in [-0.4, -0.2) is 42.0 Å². The molecule has 4 N–H and O–H groups in total. The van der Waals surface area contributed by atoms with Gasteiger partial charge in [-0.1, -0.05) is 28.1 Å². The first kappa shape index (κ1) is 23.2. The molecule has 4 rings (SSSR count). The largest absolute Gasteiger partial charge is 0.361 e. The minimum Gasteiger partial charge on any atom is -0.361 e. The third-order valence-electron chi connectivity index (χ3n) is 5.94. The van der Waals surface area contributed by atoms with Gasteiger partial charge in [0.15, 0.2) is 0 Å². The van der Waals surface area contributed by atoms with Gasteiger partial charge >= 0.3 is 0 Å². The molecule has 6 nitrogen and oxygen atoms in total. The molecule has 8 heteroatoms. The fourth-order valence-corrected chi connectivity index (χ4v) is 4.58. The molecule has 2 heterocycles. The van der Waals surface area contributed by atoms with Crippen LogP contribution in [0.4, 0.5) is 4.39 Å². The molecule has 0 saturated carbocycles. The van der Waals surface area contributed by atoms with Crippen molar-refractivity contribution in [2.75, 3.05) is 19.6 Å². The van der Waals surface area contributed by atoms with E-state index in [0.717, 1.165) is 26.5 Å². The van der Waals surface area contributed by atoms with E-state index in [0.29, 0.717) is 38.9 Å². The number of amides is 2. The van der Waals surface area contributed by atoms with Crippen molar-refractivity contribution in [1.82, 2.24) is 20.9 Å². The van der Waals surface area contributed by atoms with Crippen LogP contribution in [-0.2, 0) is 16.0 Å². The molecule has 33 heavy (non-hydrogen) atoms. The quantitative estimate of drug-likeness (QED) is 0.364. The lowest BCUT2D eigenvalue weighted by Gasteiger charge is -2.36. The Bertz CT molecular complexity index is 1180. The average molecular weight is 513 g/mol. The molecule has 3 aromatic rings. The monoisotopic (exact) mass is 512 g/mol. The number of hydrogen-bond donors (Lipinski definition) is 4. The van der Waals surface area contributed by atoms with E-state index < -0.39 is 5.54 Å². The first-order valence-corrected chi connectivity index (χ1v) is 11.7. The van der Waals surface area contributed by atoms with Gasteiger partial charge in [0, 0.05) is 34.2 Å². The second kappa shape index (κ2) is 10.3. The highest BCUT2D eigenvalue weighted by Gasteiger charge is 2.40. The van der Waals surface area contributed by atoms with Crippen molar-refractivity contribution in [3.63, 3.8) is 0 Å². The van der Waals surface area contributed by atoms with Crippen LogP contribution in [0.2, 0.25) is 0 Å². The van der Waals surface area contributed by atoms with Crippen LogP contribution in [0.25, 0.3) is 17.0 Å². The van der Waals surface area contributed by atoms with Gasteiger partial charge in [0.2, 0.25) is 11.8 Å². The lowest BCUT2D eigenvalue weighted by molar-refractivity contribution is -0.133. The average Bonchev–Trinajstić information content (AvgIpc) is 3.20. The number of fused-ring (bicyclic) bond motifs is 1. The minimum atomic E-state index is -0.962. The normalized spacial score (nSPS) is 15.6. The molecule has 0 radical (unpaired) electrons. The second-order valence-corrected chi connectivity index (χ2v) is 9.14. The van der Waals surface area contributed by atoms with Crippen LogP contribution in [0.15, 0.2) is 59.2 Å². The summed E-state index contributed by atoms with van der Waals surface area (Å²) in [6.07, 6.45) is 6.59. The number of piperidine rings is 1. The van der Waals surface area contributed by atoms with Crippen molar-refractivity contribution < 1.29 is 14.0 Å². The number of rotatable bonds is 7. The lowest BCUT2D eigenvalue weighted by atomic mass is 9.87. The molecule has 172 valence electrons. The van der Waals surface area contributed by atoms with Crippen molar-refractivity contribution in [3.05, 3.63) is 76.2 Å². The summed E-state index contributed by atoms with van der Waals surface area (Å²) in [6.45, 7) is 1.68. The molecule has 1 aliphatic rings. The van der Waals surface area contributed by atoms with Crippen LogP contribution in [0.1, 0.15) is 24.0 Å². The summed E-state index contributed by atoms with van der Waals surface area (Å²) in [6, 6.07) is 12.2. The second-order valence-electron chi connectivity index (χ2n) is 8.22. The number of halogens is 2. The summed E-state index contributed by atoms with van der Waals surface area (Å²) in [7, 11) is 0. The first-order chi connectivity index (χ1) is 15.9. The van der Waals surface area contributed by atoms with Crippen molar-refractivity contribution in [2.45, 2.75) is 24.8 Å². The fraction of sp³-hybridized carbons (Fsp3) is 0.280. The number of aromatic nitrogens is 1. The molecule has 1 aromatic heterocycles. The number of carbonyl (C=O) groups excluding carboxylic acids is 2. The van der Waals surface area contributed by atoms with Gasteiger partial charge in [-0.15, -0.1) is 0 Å². The molecule has 0 aliphatic carbocycles. The predicted molar refractivity (Wildman–Crippen MR) is 131 cm³/mol. The number of hydrogen-bond acceptors (Lipinski definition) is 3. The summed E-state index contributed by atoms with van der Waals surface area (Å²) in [4.78, 5) is 29.0. The highest BCUT2D eigenvalue weighted by Crippen LogP contribution is 2.21. The van der Waals surface area contributed by atoms with Crippen molar-refractivity contribution in [2.24, 2.45) is 0 Å². The minimum absolute atomic E-state index is 0.195. The van der Waals surface area contributed by atoms with Gasteiger partial charge in [-0.3, -0.25) is 9.59 Å². The Morgan fingerprint density at radius 1 is 1.15 bits per heavy atom. The zero-order valence-electron chi connectivity index (χ0n) is 18.1. The Balaban J connectivity index is 1.39. The molecule has 1 aliphatic heterocycles. The Kier molecular flexibility index (Phi) is 7.25. The van der Waals surface area contributed by atoms with E-state index in [1.54, 1.807) is 12.1 Å². The highest BCUT2D eigenvalue weighted by molar-refractivity contribution is 9.10. The maximum absolute atomic E-state index is 13.6. The van der Waals surface area contributed by atoms with Crippen LogP contribution in [0.3, 0.4) is 0 Å². The fourth-order valence-electron chi connectivity index (χ4n) is 4.16. The van der Waals surface area contributed by atoms with Crippen molar-refractivity contribution in [3.8, 4) is 0 Å². The predicted octanol–water partition coefficient (Wildman–Crippen LogP) is 3.68. The zero-order chi connectivity index (χ0) is 23.3. The molecule has 2 amide bonds. The molecular weight excluding hydrogens is 487 g/mol. The van der Waals surface area contributed by atoms with Gasteiger partial charge < -0.3 is 20.9 Å². The number of aromatic amines is 1. The Morgan fingerprint density at radius 3 is 2.76 bits per heavy atom. The highest BCUT2D eigenvalue weighted by atomic mass is 79.9. The Morgan fingerprint density at radius 2 is 1.97 bits per heavy atom. The van der Waals surface area contributed by atoms with E-state index in [1.165, 1.54) is 18.2 Å². The molecule has 2 aromatic carbocycles. The molecule has 1 saturated heterocycles. The van der Waals surface area contributed by atoms with Crippen LogP contribution in [0, 0.1) is 5.82 Å². The summed E-state index contributed by atoms with van der Waals surface area (Å²) in [5, 5.41) is 9.98. The van der Waals surface area contributed by atoms with Crippen molar-refractivity contribution >= 4 is 44.7 Å². The smallest absolute Gasteiger partial charge is 0.245 e. The summed E-state index contributed by atoms with van der Waals surface area (Å²) in [5.74, 6) is -0.793. The third-order valence-corrected chi connectivity index (χ3v) is 6.43. The zero-order valence-corrected chi connectivity index (χ0v) is 19.7. The van der Waals surface area contributed by atoms with Gasteiger partial charge in [-0.2, -0.15) is 0 Å². The van der Waals surface area contributed by atoms with E-state index in [9.17, 15) is 14.0 Å². The lowest BCUT2D eigenvalue weighted by Crippen LogP contribution is -2.62. The molecule has 0 bridgehead atoms. The Hall–Kier alpha value is -2.97. The van der Waals surface area contributed by atoms with Gasteiger partial charge in [-0.05, 0) is 79.9 Å². The summed E-state index contributed by atoms with van der Waals surface area (Å²) < 4.78 is 14.5. The molecule has 0 unspecified atom stereocenters. The molecule has 0 atom stereocenters. The van der Waals surface area contributed by atoms with E-state index in [1.807, 2.05) is 30.5 Å². The number of nitrogens with one attached hydrogen (secondary N) is 4. The molecule has 1 fully saturated rings. The van der Waals surface area contributed by atoms with E-state index in [-0.39, 0.29) is 17.6 Å². The number of carbonyl (C=O) groups is 2.